The fourth-order valence-corrected chi connectivity index (χ4v) is 2.87. The zero-order valence-electron chi connectivity index (χ0n) is 12.6. The molecule has 116 valence electrons. The van der Waals surface area contributed by atoms with E-state index < -0.39 is 0 Å². The molecule has 0 radical (unpaired) electrons. The molecule has 1 amide bonds. The van der Waals surface area contributed by atoms with Crippen molar-refractivity contribution >= 4 is 5.91 Å². The number of H-pyrrole nitrogens is 1. The van der Waals surface area contributed by atoms with Crippen LogP contribution < -0.4 is 0 Å². The summed E-state index contributed by atoms with van der Waals surface area (Å²) in [5, 5.41) is 7.01. The first-order chi connectivity index (χ1) is 10.8. The van der Waals surface area contributed by atoms with Gasteiger partial charge in [-0.05, 0) is 24.5 Å². The number of aromatic nitrogens is 2. The lowest BCUT2D eigenvalue weighted by Gasteiger charge is -2.32. The zero-order chi connectivity index (χ0) is 15.2. The molecule has 0 unspecified atom stereocenters. The molecule has 5 nitrogen and oxygen atoms in total. The maximum absolute atomic E-state index is 12.3. The van der Waals surface area contributed by atoms with Crippen molar-refractivity contribution in [2.24, 2.45) is 0 Å². The fourth-order valence-electron chi connectivity index (χ4n) is 2.87. The summed E-state index contributed by atoms with van der Waals surface area (Å²) in [6, 6.07) is 11.9. The summed E-state index contributed by atoms with van der Waals surface area (Å²) in [5.41, 5.74) is 2.20. The highest BCUT2D eigenvalue weighted by Crippen LogP contribution is 2.25. The zero-order valence-corrected chi connectivity index (χ0v) is 12.6. The summed E-state index contributed by atoms with van der Waals surface area (Å²) in [6.45, 7) is 2.18. The Labute approximate surface area is 130 Å². The highest BCUT2D eigenvalue weighted by atomic mass is 16.5. The van der Waals surface area contributed by atoms with Crippen molar-refractivity contribution in [1.29, 1.82) is 0 Å². The molecule has 1 fully saturated rings. The molecule has 5 heteroatoms. The van der Waals surface area contributed by atoms with E-state index in [1.54, 1.807) is 6.20 Å². The van der Waals surface area contributed by atoms with Gasteiger partial charge in [0, 0.05) is 30.9 Å². The molecular weight excluding hydrogens is 278 g/mol. The summed E-state index contributed by atoms with van der Waals surface area (Å²) >= 11 is 0. The van der Waals surface area contributed by atoms with Gasteiger partial charge in [0.25, 0.3) is 0 Å². The minimum Gasteiger partial charge on any atom is -0.367 e. The van der Waals surface area contributed by atoms with Crippen LogP contribution in [-0.2, 0) is 16.1 Å². The number of ether oxygens (including phenoxy) is 1. The fraction of sp³-hybridized carbons (Fsp3) is 0.412. The van der Waals surface area contributed by atoms with E-state index in [4.69, 9.17) is 4.74 Å². The molecule has 1 N–H and O–H groups in total. The average Bonchev–Trinajstić information content (AvgIpc) is 3.10. The third kappa shape index (κ3) is 3.74. The number of rotatable bonds is 5. The summed E-state index contributed by atoms with van der Waals surface area (Å²) in [6.07, 6.45) is 3.88. The largest absolute Gasteiger partial charge is 0.367 e. The van der Waals surface area contributed by atoms with E-state index in [9.17, 15) is 4.79 Å². The molecule has 0 saturated carbocycles. The Bertz CT molecular complexity index is 583. The van der Waals surface area contributed by atoms with E-state index in [-0.39, 0.29) is 12.5 Å². The van der Waals surface area contributed by atoms with Crippen LogP contribution in [-0.4, -0.2) is 40.7 Å². The summed E-state index contributed by atoms with van der Waals surface area (Å²) in [5.74, 6) is 0.425. The molecule has 0 bridgehead atoms. The van der Waals surface area contributed by atoms with Crippen LogP contribution in [0, 0.1) is 0 Å². The van der Waals surface area contributed by atoms with E-state index in [1.165, 1.54) is 0 Å². The Morgan fingerprint density at radius 1 is 1.32 bits per heavy atom. The van der Waals surface area contributed by atoms with Crippen LogP contribution in [0.1, 0.15) is 30.0 Å². The molecule has 1 saturated heterocycles. The van der Waals surface area contributed by atoms with Gasteiger partial charge in [-0.25, -0.2) is 0 Å². The Kier molecular flexibility index (Phi) is 4.85. The van der Waals surface area contributed by atoms with E-state index in [2.05, 4.69) is 10.2 Å². The molecular formula is C17H21N3O2. The number of benzene rings is 1. The maximum Gasteiger partial charge on any atom is 0.248 e. The van der Waals surface area contributed by atoms with Crippen LogP contribution in [0.15, 0.2) is 42.6 Å². The Morgan fingerprint density at radius 2 is 2.18 bits per heavy atom. The Morgan fingerprint density at radius 3 is 2.95 bits per heavy atom. The van der Waals surface area contributed by atoms with E-state index in [0.29, 0.717) is 12.5 Å². The number of amides is 1. The number of nitrogens with zero attached hydrogens (tertiary/aromatic N) is 2. The molecule has 3 rings (SSSR count). The Hall–Kier alpha value is -2.14. The monoisotopic (exact) mass is 299 g/mol. The molecule has 1 aromatic heterocycles. The minimum atomic E-state index is 0.0696. The lowest BCUT2D eigenvalue weighted by atomic mass is 9.95. The van der Waals surface area contributed by atoms with Crippen LogP contribution in [0.25, 0.3) is 0 Å². The number of hydrogen-bond donors (Lipinski definition) is 1. The van der Waals surface area contributed by atoms with Crippen LogP contribution >= 0.6 is 0 Å². The molecule has 22 heavy (non-hydrogen) atoms. The van der Waals surface area contributed by atoms with Gasteiger partial charge >= 0.3 is 0 Å². The van der Waals surface area contributed by atoms with Crippen molar-refractivity contribution in [2.75, 3.05) is 19.7 Å². The van der Waals surface area contributed by atoms with Gasteiger partial charge in [-0.15, -0.1) is 0 Å². The first-order valence-corrected chi connectivity index (χ1v) is 7.71. The second-order valence-corrected chi connectivity index (χ2v) is 5.67. The van der Waals surface area contributed by atoms with Crippen molar-refractivity contribution in [3.63, 3.8) is 0 Å². The first kappa shape index (κ1) is 14.8. The van der Waals surface area contributed by atoms with E-state index in [0.717, 1.165) is 37.2 Å². The van der Waals surface area contributed by atoms with Gasteiger partial charge in [0.05, 0.1) is 6.61 Å². The lowest BCUT2D eigenvalue weighted by Crippen LogP contribution is -2.41. The first-order valence-electron chi connectivity index (χ1n) is 7.71. The third-order valence-corrected chi connectivity index (χ3v) is 4.07. The quantitative estimate of drug-likeness (QED) is 0.922. The van der Waals surface area contributed by atoms with Gasteiger partial charge in [0.15, 0.2) is 0 Å². The van der Waals surface area contributed by atoms with Crippen molar-refractivity contribution in [2.45, 2.75) is 25.4 Å². The van der Waals surface area contributed by atoms with Gasteiger partial charge in [0.1, 0.15) is 6.61 Å². The number of hydrogen-bond acceptors (Lipinski definition) is 3. The predicted molar refractivity (Wildman–Crippen MR) is 83.2 cm³/mol. The SMILES string of the molecule is O=C(COCc1ccccc1)N1CCC[C@H](c2ccn[nH]2)C1. The van der Waals surface area contributed by atoms with Gasteiger partial charge in [-0.2, -0.15) is 5.10 Å². The van der Waals surface area contributed by atoms with Crippen LogP contribution in [0.4, 0.5) is 0 Å². The topological polar surface area (TPSA) is 58.2 Å². The predicted octanol–water partition coefficient (Wildman–Crippen LogP) is 2.33. The summed E-state index contributed by atoms with van der Waals surface area (Å²) < 4.78 is 5.55. The van der Waals surface area contributed by atoms with Gasteiger partial charge in [-0.1, -0.05) is 30.3 Å². The molecule has 1 aliphatic heterocycles. The molecule has 0 spiro atoms. The molecule has 2 aromatic rings. The minimum absolute atomic E-state index is 0.0696. The standard InChI is InChI=1S/C17H21N3O2/c21-17(13-22-12-14-5-2-1-3-6-14)20-10-4-7-15(11-20)16-8-9-18-19-16/h1-3,5-6,8-9,15H,4,7,10-13H2,(H,18,19)/t15-/m0/s1. The number of carbonyl (C=O) groups is 1. The van der Waals surface area contributed by atoms with E-state index in [1.807, 2.05) is 41.3 Å². The van der Waals surface area contributed by atoms with Crippen molar-refractivity contribution < 1.29 is 9.53 Å². The maximum atomic E-state index is 12.3. The Balaban J connectivity index is 1.47. The third-order valence-electron chi connectivity index (χ3n) is 4.07. The summed E-state index contributed by atoms with van der Waals surface area (Å²) in [7, 11) is 0. The summed E-state index contributed by atoms with van der Waals surface area (Å²) in [4.78, 5) is 14.2. The van der Waals surface area contributed by atoms with Crippen LogP contribution in [0.5, 0.6) is 0 Å². The number of aromatic amines is 1. The molecule has 1 atom stereocenters. The molecule has 1 aromatic carbocycles. The second kappa shape index (κ2) is 7.22. The second-order valence-electron chi connectivity index (χ2n) is 5.67. The molecule has 0 aliphatic carbocycles. The number of piperidine rings is 1. The van der Waals surface area contributed by atoms with Gasteiger partial charge in [-0.3, -0.25) is 9.89 Å². The van der Waals surface area contributed by atoms with Crippen molar-refractivity contribution in [3.05, 3.63) is 53.9 Å². The average molecular weight is 299 g/mol. The van der Waals surface area contributed by atoms with Crippen molar-refractivity contribution in [1.82, 2.24) is 15.1 Å². The van der Waals surface area contributed by atoms with Crippen LogP contribution in [0.2, 0.25) is 0 Å². The van der Waals surface area contributed by atoms with Crippen molar-refractivity contribution in [3.8, 4) is 0 Å². The number of likely N-dealkylation sites (tertiary alicyclic amines) is 1. The highest BCUT2D eigenvalue weighted by Gasteiger charge is 2.25. The molecule has 2 heterocycles. The highest BCUT2D eigenvalue weighted by molar-refractivity contribution is 5.77. The normalized spacial score (nSPS) is 18.4. The van der Waals surface area contributed by atoms with Gasteiger partial charge < -0.3 is 9.64 Å². The smallest absolute Gasteiger partial charge is 0.248 e. The number of carbonyl (C=O) groups excluding carboxylic acids is 1. The van der Waals surface area contributed by atoms with Crippen LogP contribution in [0.3, 0.4) is 0 Å². The number of nitrogens with one attached hydrogen (secondary N) is 1. The van der Waals surface area contributed by atoms with Gasteiger partial charge in [0.2, 0.25) is 5.91 Å². The lowest BCUT2D eigenvalue weighted by molar-refractivity contribution is -0.137. The van der Waals surface area contributed by atoms with E-state index >= 15 is 0 Å². The molecule has 1 aliphatic rings.